The maximum atomic E-state index is 10.6. The van der Waals surface area contributed by atoms with E-state index < -0.39 is 11.9 Å². The summed E-state index contributed by atoms with van der Waals surface area (Å²) < 4.78 is 0. The van der Waals surface area contributed by atoms with Crippen molar-refractivity contribution < 1.29 is 19.8 Å². The van der Waals surface area contributed by atoms with E-state index in [-0.39, 0.29) is 12.0 Å². The number of aliphatic carboxylic acids is 1. The van der Waals surface area contributed by atoms with Crippen molar-refractivity contribution in [3.05, 3.63) is 35.4 Å². The van der Waals surface area contributed by atoms with Gasteiger partial charge in [0.15, 0.2) is 0 Å². The van der Waals surface area contributed by atoms with Crippen LogP contribution in [0.1, 0.15) is 35.2 Å². The van der Waals surface area contributed by atoms with E-state index in [1.54, 1.807) is 24.3 Å². The van der Waals surface area contributed by atoms with Gasteiger partial charge in [-0.2, -0.15) is 0 Å². The van der Waals surface area contributed by atoms with Crippen molar-refractivity contribution in [1.82, 2.24) is 0 Å². The van der Waals surface area contributed by atoms with Crippen molar-refractivity contribution in [3.63, 3.8) is 0 Å². The van der Waals surface area contributed by atoms with Crippen LogP contribution >= 0.6 is 0 Å². The average Bonchev–Trinajstić information content (AvgIpc) is 2.25. The Balaban J connectivity index is 2.38. The van der Waals surface area contributed by atoms with Gasteiger partial charge in [-0.1, -0.05) is 12.1 Å². The summed E-state index contributed by atoms with van der Waals surface area (Å²) in [6.45, 7) is 0. The first-order valence-electron chi connectivity index (χ1n) is 5.13. The summed E-state index contributed by atoms with van der Waals surface area (Å²) >= 11 is 0. The maximum Gasteiger partial charge on any atom is 0.335 e. The number of aryl methyl sites for hydroxylation is 1. The number of carbonyl (C=O) groups is 2. The van der Waals surface area contributed by atoms with Crippen LogP contribution in [0.5, 0.6) is 0 Å². The predicted octanol–water partition coefficient (Wildman–Crippen LogP) is 2.18. The Kier molecular flexibility index (Phi) is 4.51. The van der Waals surface area contributed by atoms with Gasteiger partial charge in [-0.05, 0) is 37.0 Å². The van der Waals surface area contributed by atoms with Gasteiger partial charge < -0.3 is 10.2 Å². The smallest absolute Gasteiger partial charge is 0.335 e. The molecule has 4 heteroatoms. The lowest BCUT2D eigenvalue weighted by molar-refractivity contribution is -0.137. The number of hydrogen-bond donors (Lipinski definition) is 2. The van der Waals surface area contributed by atoms with Crippen LogP contribution < -0.4 is 0 Å². The molecule has 0 aliphatic rings. The summed E-state index contributed by atoms with van der Waals surface area (Å²) in [4.78, 5) is 20.8. The van der Waals surface area contributed by atoms with Gasteiger partial charge in [-0.15, -0.1) is 0 Å². The number of carboxylic acids is 2. The number of benzene rings is 1. The third kappa shape index (κ3) is 4.13. The van der Waals surface area contributed by atoms with Crippen LogP contribution in [0.4, 0.5) is 0 Å². The van der Waals surface area contributed by atoms with Gasteiger partial charge >= 0.3 is 11.9 Å². The molecule has 1 aromatic carbocycles. The third-order valence-electron chi connectivity index (χ3n) is 2.31. The Morgan fingerprint density at radius 3 is 2.12 bits per heavy atom. The average molecular weight is 222 g/mol. The van der Waals surface area contributed by atoms with Gasteiger partial charge in [-0.25, -0.2) is 4.79 Å². The Hall–Kier alpha value is -1.84. The van der Waals surface area contributed by atoms with Crippen molar-refractivity contribution in [3.8, 4) is 0 Å². The van der Waals surface area contributed by atoms with Gasteiger partial charge in [0.05, 0.1) is 5.56 Å². The molecule has 0 aliphatic carbocycles. The minimum Gasteiger partial charge on any atom is -0.481 e. The van der Waals surface area contributed by atoms with Crippen molar-refractivity contribution >= 4 is 11.9 Å². The van der Waals surface area contributed by atoms with E-state index in [2.05, 4.69) is 0 Å². The molecule has 0 amide bonds. The molecular formula is C12H14O4. The van der Waals surface area contributed by atoms with Crippen LogP contribution in [0, 0.1) is 0 Å². The normalized spacial score (nSPS) is 10.0. The molecule has 86 valence electrons. The highest BCUT2D eigenvalue weighted by molar-refractivity contribution is 5.87. The van der Waals surface area contributed by atoms with Crippen molar-refractivity contribution in [2.75, 3.05) is 0 Å². The van der Waals surface area contributed by atoms with Crippen LogP contribution in [-0.2, 0) is 11.2 Å². The summed E-state index contributed by atoms with van der Waals surface area (Å²) in [6.07, 6.45) is 2.43. The number of carboxylic acid groups (broad SMARTS) is 2. The minimum absolute atomic E-state index is 0.188. The van der Waals surface area contributed by atoms with Crippen LogP contribution in [0.2, 0.25) is 0 Å². The van der Waals surface area contributed by atoms with E-state index in [4.69, 9.17) is 10.2 Å². The molecule has 1 aromatic rings. The number of rotatable bonds is 6. The second-order valence-corrected chi connectivity index (χ2v) is 3.60. The molecular weight excluding hydrogens is 208 g/mol. The Labute approximate surface area is 93.5 Å². The maximum absolute atomic E-state index is 10.6. The highest BCUT2D eigenvalue weighted by Crippen LogP contribution is 2.09. The summed E-state index contributed by atoms with van der Waals surface area (Å²) in [7, 11) is 0. The van der Waals surface area contributed by atoms with Crippen LogP contribution in [-0.4, -0.2) is 22.2 Å². The molecule has 0 fully saturated rings. The van der Waals surface area contributed by atoms with E-state index in [9.17, 15) is 9.59 Å². The first kappa shape index (κ1) is 12.2. The molecule has 4 nitrogen and oxygen atoms in total. The standard InChI is InChI=1S/C12H14O4/c13-11(14)4-2-1-3-9-5-7-10(8-6-9)12(15)16/h5-8H,1-4H2,(H,13,14)(H,15,16). The predicted molar refractivity (Wildman–Crippen MR) is 58.6 cm³/mol. The lowest BCUT2D eigenvalue weighted by Gasteiger charge is -2.01. The minimum atomic E-state index is -0.933. The van der Waals surface area contributed by atoms with E-state index in [1.807, 2.05) is 0 Å². The molecule has 0 bridgehead atoms. The summed E-state index contributed by atoms with van der Waals surface area (Å²) in [6, 6.07) is 6.66. The zero-order valence-electron chi connectivity index (χ0n) is 8.85. The lowest BCUT2D eigenvalue weighted by atomic mass is 10.1. The van der Waals surface area contributed by atoms with Gasteiger partial charge in [0, 0.05) is 6.42 Å². The van der Waals surface area contributed by atoms with Crippen molar-refractivity contribution in [2.24, 2.45) is 0 Å². The van der Waals surface area contributed by atoms with E-state index in [0.717, 1.165) is 18.4 Å². The number of unbranched alkanes of at least 4 members (excludes halogenated alkanes) is 1. The van der Waals surface area contributed by atoms with Gasteiger partial charge in [-0.3, -0.25) is 4.79 Å². The molecule has 2 N–H and O–H groups in total. The largest absolute Gasteiger partial charge is 0.481 e. The SMILES string of the molecule is O=C(O)CCCCc1ccc(C(=O)O)cc1. The van der Waals surface area contributed by atoms with Crippen LogP contribution in [0.15, 0.2) is 24.3 Å². The Bertz CT molecular complexity index is 367. The zero-order valence-corrected chi connectivity index (χ0v) is 8.85. The molecule has 0 aliphatic heterocycles. The first-order valence-corrected chi connectivity index (χ1v) is 5.13. The fourth-order valence-corrected chi connectivity index (χ4v) is 1.42. The molecule has 0 saturated carbocycles. The zero-order chi connectivity index (χ0) is 12.0. The molecule has 0 spiro atoms. The second-order valence-electron chi connectivity index (χ2n) is 3.60. The van der Waals surface area contributed by atoms with E-state index >= 15 is 0 Å². The molecule has 0 heterocycles. The highest BCUT2D eigenvalue weighted by atomic mass is 16.4. The van der Waals surface area contributed by atoms with Crippen LogP contribution in [0.25, 0.3) is 0 Å². The molecule has 0 aromatic heterocycles. The third-order valence-corrected chi connectivity index (χ3v) is 2.31. The first-order chi connectivity index (χ1) is 7.59. The summed E-state index contributed by atoms with van der Waals surface area (Å²) in [5, 5.41) is 17.1. The molecule has 0 atom stereocenters. The van der Waals surface area contributed by atoms with E-state index in [1.165, 1.54) is 0 Å². The fraction of sp³-hybridized carbons (Fsp3) is 0.333. The molecule has 16 heavy (non-hydrogen) atoms. The lowest BCUT2D eigenvalue weighted by Crippen LogP contribution is -1.97. The quantitative estimate of drug-likeness (QED) is 0.723. The number of hydrogen-bond acceptors (Lipinski definition) is 2. The van der Waals surface area contributed by atoms with Gasteiger partial charge in [0.25, 0.3) is 0 Å². The molecule has 0 saturated heterocycles. The van der Waals surface area contributed by atoms with Gasteiger partial charge in [0.2, 0.25) is 0 Å². The second kappa shape index (κ2) is 5.90. The molecule has 0 unspecified atom stereocenters. The molecule has 1 rings (SSSR count). The highest BCUT2D eigenvalue weighted by Gasteiger charge is 2.02. The topological polar surface area (TPSA) is 74.6 Å². The van der Waals surface area contributed by atoms with Crippen molar-refractivity contribution in [1.29, 1.82) is 0 Å². The summed E-state index contributed by atoms with van der Waals surface area (Å²) in [5.74, 6) is -1.71. The monoisotopic (exact) mass is 222 g/mol. The Morgan fingerprint density at radius 1 is 1.00 bits per heavy atom. The number of aromatic carboxylic acids is 1. The van der Waals surface area contributed by atoms with E-state index in [0.29, 0.717) is 6.42 Å². The molecule has 0 radical (unpaired) electrons. The van der Waals surface area contributed by atoms with Gasteiger partial charge in [0.1, 0.15) is 0 Å². The van der Waals surface area contributed by atoms with Crippen molar-refractivity contribution in [2.45, 2.75) is 25.7 Å². The van der Waals surface area contributed by atoms with Crippen LogP contribution in [0.3, 0.4) is 0 Å². The summed E-state index contributed by atoms with van der Waals surface area (Å²) in [5.41, 5.74) is 1.31. The fourth-order valence-electron chi connectivity index (χ4n) is 1.42. The Morgan fingerprint density at radius 2 is 1.62 bits per heavy atom.